The maximum Gasteiger partial charge on any atom is 0.282 e. The standard InChI is InChI=1S/C10H20N2O4S/c1-9-8-16-10(2)7-12(9)17(13,14)11-3-5-15-6-4-11/h9-10H,3-8H2,1-2H3. The molecule has 0 aromatic rings. The lowest BCUT2D eigenvalue weighted by Gasteiger charge is -2.39. The number of rotatable bonds is 2. The van der Waals surface area contributed by atoms with Crippen LogP contribution in [-0.4, -0.2) is 68.6 Å². The Kier molecular flexibility index (Phi) is 4.04. The predicted octanol–water partition coefficient (Wildman–Crippen LogP) is -0.327. The zero-order chi connectivity index (χ0) is 12.5. The molecule has 6 nitrogen and oxygen atoms in total. The van der Waals surface area contributed by atoms with Gasteiger partial charge in [0.15, 0.2) is 0 Å². The predicted molar refractivity (Wildman–Crippen MR) is 62.9 cm³/mol. The van der Waals surface area contributed by atoms with Crippen LogP contribution in [0.25, 0.3) is 0 Å². The van der Waals surface area contributed by atoms with E-state index >= 15 is 0 Å². The van der Waals surface area contributed by atoms with E-state index in [1.54, 1.807) is 4.31 Å². The SMILES string of the molecule is CC1CN(S(=O)(=O)N2CCOCC2)C(C)CO1. The van der Waals surface area contributed by atoms with Crippen molar-refractivity contribution in [3.8, 4) is 0 Å². The third-order valence-corrected chi connectivity index (χ3v) is 5.26. The molecule has 0 aromatic carbocycles. The van der Waals surface area contributed by atoms with Crippen molar-refractivity contribution < 1.29 is 17.9 Å². The molecule has 7 heteroatoms. The highest BCUT2D eigenvalue weighted by atomic mass is 32.2. The van der Waals surface area contributed by atoms with Gasteiger partial charge in [-0.15, -0.1) is 0 Å². The molecule has 0 radical (unpaired) electrons. The molecule has 100 valence electrons. The van der Waals surface area contributed by atoms with Crippen molar-refractivity contribution in [2.45, 2.75) is 26.0 Å². The molecule has 0 aliphatic carbocycles. The van der Waals surface area contributed by atoms with Crippen LogP contribution in [0.5, 0.6) is 0 Å². The van der Waals surface area contributed by atoms with Crippen LogP contribution >= 0.6 is 0 Å². The van der Waals surface area contributed by atoms with Gasteiger partial charge in [-0.2, -0.15) is 17.0 Å². The van der Waals surface area contributed by atoms with Crippen molar-refractivity contribution in [3.63, 3.8) is 0 Å². The van der Waals surface area contributed by atoms with Crippen molar-refractivity contribution in [1.29, 1.82) is 0 Å². The summed E-state index contributed by atoms with van der Waals surface area (Å²) in [5.74, 6) is 0. The summed E-state index contributed by atoms with van der Waals surface area (Å²) < 4.78 is 38.6. The van der Waals surface area contributed by atoms with Crippen molar-refractivity contribution in [2.75, 3.05) is 39.5 Å². The Labute approximate surface area is 103 Å². The fraction of sp³-hybridized carbons (Fsp3) is 1.00. The molecular weight excluding hydrogens is 244 g/mol. The summed E-state index contributed by atoms with van der Waals surface area (Å²) in [6, 6.07) is -0.0981. The molecule has 0 spiro atoms. The van der Waals surface area contributed by atoms with E-state index in [2.05, 4.69) is 0 Å². The summed E-state index contributed by atoms with van der Waals surface area (Å²) in [5, 5.41) is 0. The van der Waals surface area contributed by atoms with Crippen LogP contribution in [0, 0.1) is 0 Å². The zero-order valence-corrected chi connectivity index (χ0v) is 11.1. The number of hydrogen-bond acceptors (Lipinski definition) is 4. The van der Waals surface area contributed by atoms with Crippen LogP contribution in [0.4, 0.5) is 0 Å². The van der Waals surface area contributed by atoms with E-state index < -0.39 is 10.2 Å². The Morgan fingerprint density at radius 1 is 1.18 bits per heavy atom. The molecule has 2 heterocycles. The summed E-state index contributed by atoms with van der Waals surface area (Å²) >= 11 is 0. The third-order valence-electron chi connectivity index (χ3n) is 3.14. The molecule has 2 rings (SSSR count). The van der Waals surface area contributed by atoms with E-state index in [9.17, 15) is 8.42 Å². The maximum atomic E-state index is 12.4. The molecule has 2 aliphatic rings. The quantitative estimate of drug-likeness (QED) is 0.685. The molecule has 17 heavy (non-hydrogen) atoms. The monoisotopic (exact) mass is 264 g/mol. The smallest absolute Gasteiger partial charge is 0.282 e. The Bertz CT molecular complexity index is 353. The average molecular weight is 264 g/mol. The van der Waals surface area contributed by atoms with Gasteiger partial charge in [0.2, 0.25) is 0 Å². The van der Waals surface area contributed by atoms with Gasteiger partial charge in [-0.25, -0.2) is 0 Å². The molecule has 2 unspecified atom stereocenters. The summed E-state index contributed by atoms with van der Waals surface area (Å²) in [7, 11) is -3.36. The lowest BCUT2D eigenvalue weighted by Crippen LogP contribution is -2.56. The number of nitrogens with zero attached hydrogens (tertiary/aromatic N) is 2. The first-order valence-corrected chi connectivity index (χ1v) is 7.38. The molecule has 0 bridgehead atoms. The minimum atomic E-state index is -3.36. The van der Waals surface area contributed by atoms with E-state index in [1.165, 1.54) is 4.31 Å². The van der Waals surface area contributed by atoms with Gasteiger partial charge in [-0.3, -0.25) is 0 Å². The van der Waals surface area contributed by atoms with E-state index in [0.29, 0.717) is 39.5 Å². The summed E-state index contributed by atoms with van der Waals surface area (Å²) in [5.41, 5.74) is 0. The van der Waals surface area contributed by atoms with Crippen LogP contribution in [-0.2, 0) is 19.7 Å². The van der Waals surface area contributed by atoms with Gasteiger partial charge in [-0.05, 0) is 13.8 Å². The van der Waals surface area contributed by atoms with Gasteiger partial charge in [-0.1, -0.05) is 0 Å². The lowest BCUT2D eigenvalue weighted by atomic mass is 10.2. The fourth-order valence-corrected chi connectivity index (χ4v) is 3.94. The van der Waals surface area contributed by atoms with Crippen LogP contribution < -0.4 is 0 Å². The highest BCUT2D eigenvalue weighted by Crippen LogP contribution is 2.19. The Morgan fingerprint density at radius 2 is 1.82 bits per heavy atom. The summed E-state index contributed by atoms with van der Waals surface area (Å²) in [6.45, 7) is 6.52. The van der Waals surface area contributed by atoms with Crippen molar-refractivity contribution in [3.05, 3.63) is 0 Å². The van der Waals surface area contributed by atoms with Gasteiger partial charge in [0.1, 0.15) is 0 Å². The Morgan fingerprint density at radius 3 is 2.47 bits per heavy atom. The topological polar surface area (TPSA) is 59.1 Å². The number of morpholine rings is 2. The molecular formula is C10H20N2O4S. The van der Waals surface area contributed by atoms with Gasteiger partial charge >= 0.3 is 0 Å². The molecule has 2 fully saturated rings. The van der Waals surface area contributed by atoms with Crippen LogP contribution in [0.1, 0.15) is 13.8 Å². The van der Waals surface area contributed by atoms with Gasteiger partial charge in [0.05, 0.1) is 25.9 Å². The zero-order valence-electron chi connectivity index (χ0n) is 10.3. The molecule has 0 saturated carbocycles. The third kappa shape index (κ3) is 2.79. The van der Waals surface area contributed by atoms with E-state index in [1.807, 2.05) is 13.8 Å². The number of hydrogen-bond donors (Lipinski definition) is 0. The largest absolute Gasteiger partial charge is 0.379 e. The van der Waals surface area contributed by atoms with Crippen molar-refractivity contribution in [1.82, 2.24) is 8.61 Å². The first kappa shape index (κ1) is 13.2. The molecule has 0 N–H and O–H groups in total. The molecule has 2 atom stereocenters. The Balaban J connectivity index is 2.12. The first-order chi connectivity index (χ1) is 8.01. The normalized spacial score (nSPS) is 33.8. The fourth-order valence-electron chi connectivity index (χ4n) is 2.12. The van der Waals surface area contributed by atoms with Crippen LogP contribution in [0.3, 0.4) is 0 Å². The van der Waals surface area contributed by atoms with Crippen molar-refractivity contribution in [2.24, 2.45) is 0 Å². The van der Waals surface area contributed by atoms with Gasteiger partial charge in [0.25, 0.3) is 10.2 Å². The second-order valence-corrected chi connectivity index (χ2v) is 6.46. The first-order valence-electron chi connectivity index (χ1n) is 5.98. The molecule has 0 aromatic heterocycles. The number of ether oxygens (including phenoxy) is 2. The second kappa shape index (κ2) is 5.19. The van der Waals surface area contributed by atoms with Crippen molar-refractivity contribution >= 4 is 10.2 Å². The van der Waals surface area contributed by atoms with E-state index in [-0.39, 0.29) is 12.1 Å². The van der Waals surface area contributed by atoms with E-state index in [0.717, 1.165) is 0 Å². The van der Waals surface area contributed by atoms with Crippen LogP contribution in [0.15, 0.2) is 0 Å². The average Bonchev–Trinajstić information content (AvgIpc) is 2.33. The molecule has 2 saturated heterocycles. The van der Waals surface area contributed by atoms with Gasteiger partial charge in [0, 0.05) is 25.7 Å². The summed E-state index contributed by atoms with van der Waals surface area (Å²) in [6.07, 6.45) is -0.0398. The highest BCUT2D eigenvalue weighted by Gasteiger charge is 2.37. The van der Waals surface area contributed by atoms with Crippen LogP contribution in [0.2, 0.25) is 0 Å². The Hall–Kier alpha value is -0.210. The lowest BCUT2D eigenvalue weighted by molar-refractivity contribution is -0.0208. The van der Waals surface area contributed by atoms with Gasteiger partial charge < -0.3 is 9.47 Å². The second-order valence-electron chi connectivity index (χ2n) is 4.58. The minimum absolute atomic E-state index is 0.0398. The molecule has 2 aliphatic heterocycles. The highest BCUT2D eigenvalue weighted by molar-refractivity contribution is 7.86. The minimum Gasteiger partial charge on any atom is -0.379 e. The summed E-state index contributed by atoms with van der Waals surface area (Å²) in [4.78, 5) is 0. The molecule has 0 amide bonds. The van der Waals surface area contributed by atoms with E-state index in [4.69, 9.17) is 9.47 Å². The maximum absolute atomic E-state index is 12.4.